The number of carbonyl (C=O) groups is 1. The summed E-state index contributed by atoms with van der Waals surface area (Å²) in [6.07, 6.45) is -0.455. The SMILES string of the molecule is COc1ccc([C@H]2NCC(=O)N2O)cc1. The Hall–Kier alpha value is -1.59. The van der Waals surface area contributed by atoms with E-state index in [0.717, 1.165) is 11.3 Å². The van der Waals surface area contributed by atoms with Crippen LogP contribution >= 0.6 is 0 Å². The van der Waals surface area contributed by atoms with Crippen LogP contribution < -0.4 is 10.1 Å². The molecular weight excluding hydrogens is 196 g/mol. The molecule has 0 aliphatic carbocycles. The standard InChI is InChI=1S/C10H12N2O3/c1-15-8-4-2-7(3-5-8)10-11-6-9(13)12(10)14/h2-5,10-11,14H,6H2,1H3/t10-/m0/s1. The number of nitrogens with one attached hydrogen (secondary N) is 1. The summed E-state index contributed by atoms with van der Waals surface area (Å²) in [7, 11) is 1.59. The minimum atomic E-state index is -0.455. The molecule has 80 valence electrons. The molecule has 1 aliphatic heterocycles. The smallest absolute Gasteiger partial charge is 0.261 e. The van der Waals surface area contributed by atoms with Crippen molar-refractivity contribution in [3.05, 3.63) is 29.8 Å². The Bertz CT molecular complexity index is 363. The second-order valence-electron chi connectivity index (χ2n) is 3.29. The zero-order valence-corrected chi connectivity index (χ0v) is 8.30. The molecule has 1 amide bonds. The summed E-state index contributed by atoms with van der Waals surface area (Å²) in [5, 5.41) is 13.0. The molecule has 1 aromatic carbocycles. The number of hydroxylamine groups is 2. The van der Waals surface area contributed by atoms with Crippen LogP contribution in [0.15, 0.2) is 24.3 Å². The molecule has 5 nitrogen and oxygen atoms in total. The van der Waals surface area contributed by atoms with Crippen LogP contribution in [-0.4, -0.2) is 29.8 Å². The van der Waals surface area contributed by atoms with Crippen LogP contribution in [0.25, 0.3) is 0 Å². The number of nitrogens with zero attached hydrogens (tertiary/aromatic N) is 1. The molecule has 15 heavy (non-hydrogen) atoms. The van der Waals surface area contributed by atoms with Gasteiger partial charge in [-0.25, -0.2) is 5.06 Å². The van der Waals surface area contributed by atoms with E-state index in [2.05, 4.69) is 5.32 Å². The summed E-state index contributed by atoms with van der Waals surface area (Å²) in [4.78, 5) is 11.1. The highest BCUT2D eigenvalue weighted by Crippen LogP contribution is 2.22. The number of amides is 1. The summed E-state index contributed by atoms with van der Waals surface area (Å²) in [6.45, 7) is 0.160. The molecule has 2 rings (SSSR count). The van der Waals surface area contributed by atoms with Crippen molar-refractivity contribution in [3.63, 3.8) is 0 Å². The number of methoxy groups -OCH3 is 1. The van der Waals surface area contributed by atoms with Crippen LogP contribution in [0, 0.1) is 0 Å². The largest absolute Gasteiger partial charge is 0.497 e. The zero-order chi connectivity index (χ0) is 10.8. The fourth-order valence-electron chi connectivity index (χ4n) is 1.54. The van der Waals surface area contributed by atoms with Crippen molar-refractivity contribution >= 4 is 5.91 Å². The van der Waals surface area contributed by atoms with Gasteiger partial charge in [-0.2, -0.15) is 0 Å². The molecule has 0 saturated carbocycles. The summed E-state index contributed by atoms with van der Waals surface area (Å²) >= 11 is 0. The van der Waals surface area contributed by atoms with E-state index in [4.69, 9.17) is 4.74 Å². The van der Waals surface area contributed by atoms with E-state index in [0.29, 0.717) is 5.06 Å². The highest BCUT2D eigenvalue weighted by molar-refractivity contribution is 5.79. The van der Waals surface area contributed by atoms with Crippen LogP contribution in [0.1, 0.15) is 11.7 Å². The summed E-state index contributed by atoms with van der Waals surface area (Å²) in [5.74, 6) is 0.420. The van der Waals surface area contributed by atoms with E-state index >= 15 is 0 Å². The number of hydrogen-bond acceptors (Lipinski definition) is 4. The van der Waals surface area contributed by atoms with Crippen LogP contribution in [0.3, 0.4) is 0 Å². The lowest BCUT2D eigenvalue weighted by Gasteiger charge is -2.17. The normalized spacial score (nSPS) is 20.8. The summed E-state index contributed by atoms with van der Waals surface area (Å²) in [5.41, 5.74) is 0.823. The van der Waals surface area contributed by atoms with E-state index in [1.165, 1.54) is 0 Å². The van der Waals surface area contributed by atoms with Gasteiger partial charge < -0.3 is 4.74 Å². The third-order valence-electron chi connectivity index (χ3n) is 2.38. The Morgan fingerprint density at radius 1 is 1.47 bits per heavy atom. The van der Waals surface area contributed by atoms with Crippen molar-refractivity contribution in [1.29, 1.82) is 0 Å². The van der Waals surface area contributed by atoms with Gasteiger partial charge in [0, 0.05) is 0 Å². The van der Waals surface area contributed by atoms with Crippen LogP contribution in [0.5, 0.6) is 5.75 Å². The van der Waals surface area contributed by atoms with Gasteiger partial charge in [-0.3, -0.25) is 15.3 Å². The predicted octanol–water partition coefficient (Wildman–Crippen LogP) is 0.515. The Kier molecular flexibility index (Phi) is 2.57. The minimum absolute atomic E-state index is 0.160. The average Bonchev–Trinajstić information content (AvgIpc) is 2.60. The number of carbonyl (C=O) groups excluding carboxylic acids is 1. The van der Waals surface area contributed by atoms with Gasteiger partial charge in [-0.1, -0.05) is 12.1 Å². The number of hydrogen-bond donors (Lipinski definition) is 2. The molecule has 1 heterocycles. The number of ether oxygens (including phenoxy) is 1. The van der Waals surface area contributed by atoms with Crippen LogP contribution in [0.4, 0.5) is 0 Å². The summed E-state index contributed by atoms with van der Waals surface area (Å²) < 4.78 is 5.02. The predicted molar refractivity (Wildman–Crippen MR) is 52.4 cm³/mol. The number of benzene rings is 1. The quantitative estimate of drug-likeness (QED) is 0.695. The van der Waals surface area contributed by atoms with Crippen molar-refractivity contribution in [3.8, 4) is 5.75 Å². The molecule has 1 saturated heterocycles. The van der Waals surface area contributed by atoms with Crippen LogP contribution in [0.2, 0.25) is 0 Å². The van der Waals surface area contributed by atoms with Gasteiger partial charge >= 0.3 is 0 Å². The first-order valence-electron chi connectivity index (χ1n) is 4.60. The molecule has 0 bridgehead atoms. The van der Waals surface area contributed by atoms with Gasteiger partial charge in [0.15, 0.2) is 0 Å². The third kappa shape index (κ3) is 1.79. The Labute approximate surface area is 87.2 Å². The Morgan fingerprint density at radius 3 is 2.60 bits per heavy atom. The lowest BCUT2D eigenvalue weighted by atomic mass is 10.2. The fourth-order valence-corrected chi connectivity index (χ4v) is 1.54. The zero-order valence-electron chi connectivity index (χ0n) is 8.30. The first-order valence-corrected chi connectivity index (χ1v) is 4.60. The van der Waals surface area contributed by atoms with E-state index in [1.54, 1.807) is 31.4 Å². The van der Waals surface area contributed by atoms with Crippen LogP contribution in [-0.2, 0) is 4.79 Å². The highest BCUT2D eigenvalue weighted by Gasteiger charge is 2.30. The van der Waals surface area contributed by atoms with Crippen molar-refractivity contribution in [2.75, 3.05) is 13.7 Å². The van der Waals surface area contributed by atoms with Gasteiger partial charge in [0.1, 0.15) is 11.9 Å². The van der Waals surface area contributed by atoms with E-state index in [9.17, 15) is 10.0 Å². The van der Waals surface area contributed by atoms with Gasteiger partial charge in [0.2, 0.25) is 0 Å². The molecular formula is C10H12N2O3. The molecule has 0 radical (unpaired) electrons. The third-order valence-corrected chi connectivity index (χ3v) is 2.38. The lowest BCUT2D eigenvalue weighted by molar-refractivity contribution is -0.165. The van der Waals surface area contributed by atoms with E-state index < -0.39 is 6.17 Å². The topological polar surface area (TPSA) is 61.8 Å². The second kappa shape index (κ2) is 3.88. The van der Waals surface area contributed by atoms with E-state index in [-0.39, 0.29) is 12.5 Å². The van der Waals surface area contributed by atoms with E-state index in [1.807, 2.05) is 0 Å². The summed E-state index contributed by atoms with van der Waals surface area (Å²) in [6, 6.07) is 7.18. The fraction of sp³-hybridized carbons (Fsp3) is 0.300. The molecule has 2 N–H and O–H groups in total. The first kappa shape index (κ1) is 9.95. The molecule has 1 aromatic rings. The average molecular weight is 208 g/mol. The Balaban J connectivity index is 2.19. The maximum atomic E-state index is 11.1. The second-order valence-corrected chi connectivity index (χ2v) is 3.29. The number of rotatable bonds is 2. The van der Waals surface area contributed by atoms with Gasteiger partial charge in [0.25, 0.3) is 5.91 Å². The minimum Gasteiger partial charge on any atom is -0.497 e. The highest BCUT2D eigenvalue weighted by atomic mass is 16.5. The van der Waals surface area contributed by atoms with Crippen molar-refractivity contribution in [2.24, 2.45) is 0 Å². The first-order chi connectivity index (χ1) is 7.22. The van der Waals surface area contributed by atoms with Crippen molar-refractivity contribution in [2.45, 2.75) is 6.17 Å². The molecule has 0 spiro atoms. The van der Waals surface area contributed by atoms with Crippen molar-refractivity contribution < 1.29 is 14.7 Å². The van der Waals surface area contributed by atoms with Gasteiger partial charge in [0.05, 0.1) is 13.7 Å². The molecule has 0 aromatic heterocycles. The van der Waals surface area contributed by atoms with Gasteiger partial charge in [-0.15, -0.1) is 0 Å². The monoisotopic (exact) mass is 208 g/mol. The van der Waals surface area contributed by atoms with Gasteiger partial charge in [-0.05, 0) is 17.7 Å². The molecule has 1 aliphatic rings. The lowest BCUT2D eigenvalue weighted by Crippen LogP contribution is -2.26. The molecule has 5 heteroatoms. The maximum Gasteiger partial charge on any atom is 0.261 e. The Morgan fingerprint density at radius 2 is 2.13 bits per heavy atom. The molecule has 1 atom stereocenters. The molecule has 0 unspecified atom stereocenters. The maximum absolute atomic E-state index is 11.1. The molecule has 1 fully saturated rings. The van der Waals surface area contributed by atoms with Crippen molar-refractivity contribution in [1.82, 2.24) is 10.4 Å².